The summed E-state index contributed by atoms with van der Waals surface area (Å²) in [5, 5.41) is 0. The van der Waals surface area contributed by atoms with Crippen molar-refractivity contribution in [2.45, 2.75) is 39.7 Å². The van der Waals surface area contributed by atoms with Crippen LogP contribution in [-0.2, 0) is 28.9 Å². The third kappa shape index (κ3) is 6.44. The summed E-state index contributed by atoms with van der Waals surface area (Å²) in [4.78, 5) is 25.1. The summed E-state index contributed by atoms with van der Waals surface area (Å²) >= 11 is 0. The van der Waals surface area contributed by atoms with Crippen molar-refractivity contribution in [2.75, 3.05) is 27.9 Å². The van der Waals surface area contributed by atoms with Crippen LogP contribution < -0.4 is 14.2 Å². The van der Waals surface area contributed by atoms with Crippen LogP contribution in [0.25, 0.3) is 0 Å². The molecule has 0 saturated carbocycles. The fourth-order valence-corrected chi connectivity index (χ4v) is 4.14. The van der Waals surface area contributed by atoms with E-state index in [0.717, 1.165) is 22.5 Å². The fourth-order valence-electron chi connectivity index (χ4n) is 4.14. The third-order valence-electron chi connectivity index (χ3n) is 6.12. The number of ether oxygens (including phenoxy) is 4. The Kier molecular flexibility index (Phi) is 9.11. The number of aryl methyl sites for hydroxylation is 3. The third-order valence-corrected chi connectivity index (χ3v) is 6.12. The summed E-state index contributed by atoms with van der Waals surface area (Å²) in [6, 6.07) is 11.8. The quantitative estimate of drug-likeness (QED) is 0.263. The minimum absolute atomic E-state index is 0.0998. The van der Waals surface area contributed by atoms with E-state index in [1.807, 2.05) is 24.5 Å². The molecule has 7 nitrogen and oxygen atoms in total. The van der Waals surface area contributed by atoms with Crippen molar-refractivity contribution >= 4 is 11.8 Å². The van der Waals surface area contributed by atoms with Crippen LogP contribution in [0.15, 0.2) is 42.5 Å². The van der Waals surface area contributed by atoms with Gasteiger partial charge in [-0.05, 0) is 68.1 Å². The lowest BCUT2D eigenvalue weighted by atomic mass is 10.1. The number of carbonyl (C=O) groups is 2. The van der Waals surface area contributed by atoms with Crippen LogP contribution in [-0.4, -0.2) is 44.3 Å². The van der Waals surface area contributed by atoms with Gasteiger partial charge in [-0.25, -0.2) is 4.39 Å². The van der Waals surface area contributed by atoms with E-state index >= 15 is 0 Å². The number of aromatic nitrogens is 1. The van der Waals surface area contributed by atoms with Crippen molar-refractivity contribution < 1.29 is 32.9 Å². The highest BCUT2D eigenvalue weighted by Crippen LogP contribution is 2.38. The van der Waals surface area contributed by atoms with E-state index in [1.54, 1.807) is 24.3 Å². The number of nitrogens with zero attached hydrogens (tertiary/aromatic N) is 1. The van der Waals surface area contributed by atoms with Crippen molar-refractivity contribution in [3.63, 3.8) is 0 Å². The molecule has 0 amide bonds. The Morgan fingerprint density at radius 1 is 0.861 bits per heavy atom. The van der Waals surface area contributed by atoms with Gasteiger partial charge < -0.3 is 23.5 Å². The van der Waals surface area contributed by atoms with Gasteiger partial charge in [0, 0.05) is 29.9 Å². The summed E-state index contributed by atoms with van der Waals surface area (Å²) < 4.78 is 36.4. The molecule has 36 heavy (non-hydrogen) atoms. The lowest BCUT2D eigenvalue weighted by Gasteiger charge is -2.14. The molecule has 0 unspecified atom stereocenters. The molecule has 8 heteroatoms. The fraction of sp³-hybridized carbons (Fsp3) is 0.357. The van der Waals surface area contributed by atoms with E-state index in [2.05, 4.69) is 0 Å². The Bertz CT molecular complexity index is 1190. The molecule has 0 aliphatic heterocycles. The van der Waals surface area contributed by atoms with Crippen molar-refractivity contribution in [3.05, 3.63) is 76.4 Å². The minimum atomic E-state index is -0.470. The maximum absolute atomic E-state index is 13.1. The first-order chi connectivity index (χ1) is 17.3. The molecule has 0 aliphatic carbocycles. The van der Waals surface area contributed by atoms with Crippen LogP contribution >= 0.6 is 0 Å². The standard InChI is InChI=1S/C28H32FNO6/c1-18-14-23(19(2)30(18)13-12-20-6-9-22(29)10-7-20)24(31)17-36-27(32)11-8-21-15-25(33-3)28(35-5)26(16-21)34-4/h6-7,9-10,14-16H,8,11-13,17H2,1-5H3. The van der Waals surface area contributed by atoms with E-state index in [1.165, 1.54) is 33.5 Å². The topological polar surface area (TPSA) is 76.0 Å². The maximum Gasteiger partial charge on any atom is 0.306 e. The zero-order valence-electron chi connectivity index (χ0n) is 21.4. The van der Waals surface area contributed by atoms with Crippen LogP contribution in [0.4, 0.5) is 4.39 Å². The number of halogens is 1. The van der Waals surface area contributed by atoms with Crippen molar-refractivity contribution in [3.8, 4) is 17.2 Å². The van der Waals surface area contributed by atoms with Gasteiger partial charge in [0.15, 0.2) is 18.1 Å². The van der Waals surface area contributed by atoms with Gasteiger partial charge in [0.1, 0.15) is 5.82 Å². The zero-order chi connectivity index (χ0) is 26.2. The first kappa shape index (κ1) is 26.8. The monoisotopic (exact) mass is 497 g/mol. The number of Topliss-reactive ketones (excluding diaryl/α,β-unsaturated/α-hetero) is 1. The Morgan fingerprint density at radius 2 is 1.50 bits per heavy atom. The first-order valence-electron chi connectivity index (χ1n) is 11.7. The van der Waals surface area contributed by atoms with Crippen molar-refractivity contribution in [1.29, 1.82) is 0 Å². The van der Waals surface area contributed by atoms with Crippen molar-refractivity contribution in [1.82, 2.24) is 4.57 Å². The first-order valence-corrected chi connectivity index (χ1v) is 11.7. The SMILES string of the molecule is COc1cc(CCC(=O)OCC(=O)c2cc(C)n(CCc3ccc(F)cc3)c2C)cc(OC)c1OC. The van der Waals surface area contributed by atoms with E-state index in [0.29, 0.717) is 42.2 Å². The van der Waals surface area contributed by atoms with Gasteiger partial charge >= 0.3 is 5.97 Å². The molecule has 2 aromatic carbocycles. The number of hydrogen-bond donors (Lipinski definition) is 0. The Morgan fingerprint density at radius 3 is 2.08 bits per heavy atom. The molecule has 0 fully saturated rings. The summed E-state index contributed by atoms with van der Waals surface area (Å²) in [6.07, 6.45) is 1.20. The number of benzene rings is 2. The van der Waals surface area contributed by atoms with Gasteiger partial charge in [-0.15, -0.1) is 0 Å². The molecule has 0 saturated heterocycles. The molecule has 0 radical (unpaired) electrons. The molecule has 1 heterocycles. The highest BCUT2D eigenvalue weighted by atomic mass is 19.1. The van der Waals surface area contributed by atoms with Gasteiger partial charge in [0.05, 0.1) is 21.3 Å². The van der Waals surface area contributed by atoms with Crippen LogP contribution in [0.1, 0.15) is 39.3 Å². The van der Waals surface area contributed by atoms with Gasteiger partial charge in [-0.2, -0.15) is 0 Å². The lowest BCUT2D eigenvalue weighted by Crippen LogP contribution is -2.15. The number of hydrogen-bond acceptors (Lipinski definition) is 6. The highest BCUT2D eigenvalue weighted by Gasteiger charge is 2.18. The van der Waals surface area contributed by atoms with Crippen LogP contribution in [0.3, 0.4) is 0 Å². The largest absolute Gasteiger partial charge is 0.493 e. The molecular weight excluding hydrogens is 465 g/mol. The second-order valence-corrected chi connectivity index (χ2v) is 8.43. The molecule has 3 aromatic rings. The molecule has 3 rings (SSSR count). The van der Waals surface area contributed by atoms with Gasteiger partial charge in [-0.1, -0.05) is 12.1 Å². The van der Waals surface area contributed by atoms with E-state index in [9.17, 15) is 14.0 Å². The lowest BCUT2D eigenvalue weighted by molar-refractivity contribution is -0.142. The average Bonchev–Trinajstić information content (AvgIpc) is 3.17. The van der Waals surface area contributed by atoms with Crippen LogP contribution in [0.2, 0.25) is 0 Å². The Labute approximate surface area is 210 Å². The summed E-state index contributed by atoms with van der Waals surface area (Å²) in [5.41, 5.74) is 4.11. The maximum atomic E-state index is 13.1. The van der Waals surface area contributed by atoms with E-state index in [-0.39, 0.29) is 24.6 Å². The van der Waals surface area contributed by atoms with Gasteiger partial charge in [0.25, 0.3) is 0 Å². The molecule has 0 spiro atoms. The van der Waals surface area contributed by atoms with Gasteiger partial charge in [-0.3, -0.25) is 9.59 Å². The highest BCUT2D eigenvalue weighted by molar-refractivity contribution is 5.99. The smallest absolute Gasteiger partial charge is 0.306 e. The Hall–Kier alpha value is -3.81. The van der Waals surface area contributed by atoms with E-state index < -0.39 is 5.97 Å². The Balaban J connectivity index is 1.56. The molecule has 0 aliphatic rings. The number of carbonyl (C=O) groups excluding carboxylic acids is 2. The number of methoxy groups -OCH3 is 3. The molecule has 1 aromatic heterocycles. The average molecular weight is 498 g/mol. The summed E-state index contributed by atoms with van der Waals surface area (Å²) in [5.74, 6) is 0.500. The second-order valence-electron chi connectivity index (χ2n) is 8.43. The zero-order valence-corrected chi connectivity index (χ0v) is 21.4. The number of esters is 1. The molecule has 0 N–H and O–H groups in total. The van der Waals surface area contributed by atoms with Crippen LogP contribution in [0.5, 0.6) is 17.2 Å². The molecular formula is C28H32FNO6. The predicted octanol–water partition coefficient (Wildman–Crippen LogP) is 4.87. The van der Waals surface area contributed by atoms with Gasteiger partial charge in [0.2, 0.25) is 11.5 Å². The number of rotatable bonds is 12. The van der Waals surface area contributed by atoms with Crippen molar-refractivity contribution in [2.24, 2.45) is 0 Å². The van der Waals surface area contributed by atoms with E-state index in [4.69, 9.17) is 18.9 Å². The summed E-state index contributed by atoms with van der Waals surface area (Å²) in [7, 11) is 4.58. The van der Waals surface area contributed by atoms with Crippen LogP contribution in [0, 0.1) is 19.7 Å². The summed E-state index contributed by atoms with van der Waals surface area (Å²) in [6.45, 7) is 4.14. The second kappa shape index (κ2) is 12.2. The normalized spacial score (nSPS) is 10.7. The minimum Gasteiger partial charge on any atom is -0.493 e. The predicted molar refractivity (Wildman–Crippen MR) is 134 cm³/mol. The molecule has 192 valence electrons. The number of ketones is 1. The molecule has 0 atom stereocenters. The molecule has 0 bridgehead atoms.